The van der Waals surface area contributed by atoms with E-state index in [2.05, 4.69) is 19.2 Å². The van der Waals surface area contributed by atoms with Gasteiger partial charge in [-0.2, -0.15) is 0 Å². The van der Waals surface area contributed by atoms with Crippen molar-refractivity contribution in [2.24, 2.45) is 11.7 Å². The van der Waals surface area contributed by atoms with Crippen LogP contribution in [-0.4, -0.2) is 17.2 Å². The summed E-state index contributed by atoms with van der Waals surface area (Å²) in [6, 6.07) is 27.2. The molecule has 3 aromatic carbocycles. The molecule has 4 nitrogen and oxygen atoms in total. The molecule has 150 valence electrons. The van der Waals surface area contributed by atoms with Crippen LogP contribution in [0.25, 0.3) is 0 Å². The molecule has 2 atom stereocenters. The number of carbonyl (C=O) groups excluding carboxylic acids is 1. The van der Waals surface area contributed by atoms with E-state index in [1.807, 2.05) is 72.8 Å². The number of hydrogen-bond donors (Lipinski definition) is 3. The van der Waals surface area contributed by atoms with Crippen LogP contribution in [0.5, 0.6) is 0 Å². The van der Waals surface area contributed by atoms with Crippen molar-refractivity contribution in [2.75, 3.05) is 0 Å². The molecule has 0 aromatic heterocycles. The maximum Gasteiger partial charge on any atom is 0.248 e. The van der Waals surface area contributed by atoms with Crippen molar-refractivity contribution >= 4 is 5.91 Å². The Labute approximate surface area is 172 Å². The van der Waals surface area contributed by atoms with Crippen LogP contribution in [0.15, 0.2) is 84.9 Å². The van der Waals surface area contributed by atoms with Crippen molar-refractivity contribution in [2.45, 2.75) is 32.0 Å². The van der Waals surface area contributed by atoms with Crippen molar-refractivity contribution in [1.29, 1.82) is 0 Å². The highest BCUT2D eigenvalue weighted by Gasteiger charge is 2.27. The molecule has 4 N–H and O–H groups in total. The van der Waals surface area contributed by atoms with E-state index < -0.39 is 12.1 Å². The Bertz CT molecular complexity index is 869. The summed E-state index contributed by atoms with van der Waals surface area (Å²) in [4.78, 5) is 11.4. The minimum absolute atomic E-state index is 0.0816. The SMILES string of the molecule is CC(C)C(NC(O)C(c1ccccc1)c1ccccc1)c1ccc(C(N)=O)cc1. The standard InChI is InChI=1S/C25H28N2O2/c1-17(2)23(20-13-15-21(16-14-20)24(26)28)27-25(29)22(18-9-5-3-6-10-18)19-11-7-4-8-12-19/h3-17,22-23,25,27,29H,1-2H3,(H2,26,28). The molecule has 2 unspecified atom stereocenters. The number of aliphatic hydroxyl groups excluding tert-OH is 1. The number of amides is 1. The predicted octanol–water partition coefficient (Wildman–Crippen LogP) is 4.22. The first-order chi connectivity index (χ1) is 14.0. The lowest BCUT2D eigenvalue weighted by Gasteiger charge is -2.31. The molecule has 4 heteroatoms. The van der Waals surface area contributed by atoms with E-state index in [1.54, 1.807) is 12.1 Å². The first kappa shape index (κ1) is 20.8. The third kappa shape index (κ3) is 5.11. The topological polar surface area (TPSA) is 75.3 Å². The average molecular weight is 389 g/mol. The lowest BCUT2D eigenvalue weighted by molar-refractivity contribution is 0.0960. The average Bonchev–Trinajstić information content (AvgIpc) is 2.73. The minimum Gasteiger partial charge on any atom is -0.378 e. The number of nitrogens with one attached hydrogen (secondary N) is 1. The maximum atomic E-state index is 11.4. The number of carbonyl (C=O) groups is 1. The highest BCUT2D eigenvalue weighted by atomic mass is 16.3. The van der Waals surface area contributed by atoms with Crippen molar-refractivity contribution < 1.29 is 9.90 Å². The summed E-state index contributed by atoms with van der Waals surface area (Å²) in [6.45, 7) is 4.21. The lowest BCUT2D eigenvalue weighted by Crippen LogP contribution is -2.40. The Morgan fingerprint density at radius 2 is 1.28 bits per heavy atom. The summed E-state index contributed by atoms with van der Waals surface area (Å²) in [5, 5.41) is 14.7. The zero-order chi connectivity index (χ0) is 20.8. The molecule has 3 aromatic rings. The summed E-state index contributed by atoms with van der Waals surface area (Å²) in [7, 11) is 0. The molecule has 0 aliphatic rings. The molecule has 0 spiro atoms. The molecule has 3 rings (SSSR count). The summed E-state index contributed by atoms with van der Waals surface area (Å²) in [6.07, 6.45) is -0.789. The fourth-order valence-corrected chi connectivity index (χ4v) is 3.69. The molecular weight excluding hydrogens is 360 g/mol. The van der Waals surface area contributed by atoms with Crippen LogP contribution in [0.1, 0.15) is 52.9 Å². The number of primary amides is 1. The summed E-state index contributed by atoms with van der Waals surface area (Å²) in [5.74, 6) is -0.418. The van der Waals surface area contributed by atoms with Gasteiger partial charge in [-0.05, 0) is 34.7 Å². The van der Waals surface area contributed by atoms with Crippen molar-refractivity contribution in [1.82, 2.24) is 5.32 Å². The molecule has 0 fully saturated rings. The van der Waals surface area contributed by atoms with Gasteiger partial charge in [-0.3, -0.25) is 10.1 Å². The number of hydrogen-bond acceptors (Lipinski definition) is 3. The van der Waals surface area contributed by atoms with E-state index in [1.165, 1.54) is 0 Å². The third-order valence-corrected chi connectivity index (χ3v) is 5.20. The molecular formula is C25H28N2O2. The Balaban J connectivity index is 1.90. The van der Waals surface area contributed by atoms with Crippen LogP contribution >= 0.6 is 0 Å². The number of aliphatic hydroxyl groups is 1. The van der Waals surface area contributed by atoms with Crippen LogP contribution in [0.4, 0.5) is 0 Å². The quantitative estimate of drug-likeness (QED) is 0.506. The largest absolute Gasteiger partial charge is 0.378 e. The zero-order valence-electron chi connectivity index (χ0n) is 16.8. The van der Waals surface area contributed by atoms with Crippen LogP contribution in [0, 0.1) is 5.92 Å². The van der Waals surface area contributed by atoms with Crippen LogP contribution in [-0.2, 0) is 0 Å². The van der Waals surface area contributed by atoms with Crippen LogP contribution in [0.3, 0.4) is 0 Å². The molecule has 0 heterocycles. The fraction of sp³-hybridized carbons (Fsp3) is 0.240. The second kappa shape index (κ2) is 9.50. The van der Waals surface area contributed by atoms with Crippen LogP contribution in [0.2, 0.25) is 0 Å². The van der Waals surface area contributed by atoms with Crippen molar-refractivity contribution in [3.05, 3.63) is 107 Å². The molecule has 0 aliphatic carbocycles. The van der Waals surface area contributed by atoms with Gasteiger partial charge in [0.2, 0.25) is 5.91 Å². The van der Waals surface area contributed by atoms with E-state index in [0.29, 0.717) is 5.56 Å². The van der Waals surface area contributed by atoms with Gasteiger partial charge in [-0.15, -0.1) is 0 Å². The lowest BCUT2D eigenvalue weighted by atomic mass is 9.88. The first-order valence-electron chi connectivity index (χ1n) is 9.91. The van der Waals surface area contributed by atoms with Crippen molar-refractivity contribution in [3.8, 4) is 0 Å². The number of rotatable bonds is 8. The highest BCUT2D eigenvalue weighted by Crippen LogP contribution is 2.30. The Hall–Kier alpha value is -2.95. The van der Waals surface area contributed by atoms with E-state index in [-0.39, 0.29) is 17.9 Å². The molecule has 1 amide bonds. The number of benzene rings is 3. The van der Waals surface area contributed by atoms with Gasteiger partial charge < -0.3 is 10.8 Å². The zero-order valence-corrected chi connectivity index (χ0v) is 16.8. The van der Waals surface area contributed by atoms with E-state index in [0.717, 1.165) is 16.7 Å². The Morgan fingerprint density at radius 1 is 0.793 bits per heavy atom. The van der Waals surface area contributed by atoms with Gasteiger partial charge in [0.1, 0.15) is 6.23 Å². The Kier molecular flexibility index (Phi) is 6.81. The molecule has 0 saturated carbocycles. The molecule has 0 saturated heterocycles. The van der Waals surface area contributed by atoms with Gasteiger partial charge in [0.15, 0.2) is 0 Å². The second-order valence-electron chi connectivity index (χ2n) is 7.62. The normalized spacial score (nSPS) is 13.4. The van der Waals surface area contributed by atoms with Gasteiger partial charge in [-0.25, -0.2) is 0 Å². The van der Waals surface area contributed by atoms with Gasteiger partial charge in [0.05, 0.1) is 0 Å². The Morgan fingerprint density at radius 3 is 1.69 bits per heavy atom. The summed E-state index contributed by atoms with van der Waals surface area (Å²) >= 11 is 0. The molecule has 0 bridgehead atoms. The monoisotopic (exact) mass is 388 g/mol. The number of nitrogens with two attached hydrogens (primary N) is 1. The van der Waals surface area contributed by atoms with E-state index in [4.69, 9.17) is 5.73 Å². The first-order valence-corrected chi connectivity index (χ1v) is 9.91. The van der Waals surface area contributed by atoms with Gasteiger partial charge in [0.25, 0.3) is 0 Å². The smallest absolute Gasteiger partial charge is 0.248 e. The summed E-state index contributed by atoms with van der Waals surface area (Å²) in [5.41, 5.74) is 8.93. The maximum absolute atomic E-state index is 11.4. The van der Waals surface area contributed by atoms with Gasteiger partial charge >= 0.3 is 0 Å². The second-order valence-corrected chi connectivity index (χ2v) is 7.62. The van der Waals surface area contributed by atoms with Crippen LogP contribution < -0.4 is 11.1 Å². The van der Waals surface area contributed by atoms with E-state index >= 15 is 0 Å². The van der Waals surface area contributed by atoms with Crippen molar-refractivity contribution in [3.63, 3.8) is 0 Å². The molecule has 29 heavy (non-hydrogen) atoms. The highest BCUT2D eigenvalue weighted by molar-refractivity contribution is 5.92. The van der Waals surface area contributed by atoms with Gasteiger partial charge in [0, 0.05) is 17.5 Å². The third-order valence-electron chi connectivity index (χ3n) is 5.20. The molecule has 0 radical (unpaired) electrons. The predicted molar refractivity (Wildman–Crippen MR) is 116 cm³/mol. The van der Waals surface area contributed by atoms with Gasteiger partial charge in [-0.1, -0.05) is 86.6 Å². The van der Waals surface area contributed by atoms with E-state index in [9.17, 15) is 9.90 Å². The summed E-state index contributed by atoms with van der Waals surface area (Å²) < 4.78 is 0. The minimum atomic E-state index is -0.789. The molecule has 0 aliphatic heterocycles. The fourth-order valence-electron chi connectivity index (χ4n) is 3.69.